The van der Waals surface area contributed by atoms with Gasteiger partial charge in [0.25, 0.3) is 0 Å². The van der Waals surface area contributed by atoms with Crippen LogP contribution in [0.15, 0.2) is 52.1 Å². The Kier molecular flexibility index (Phi) is 6.42. The predicted molar refractivity (Wildman–Crippen MR) is 104 cm³/mol. The molecule has 0 atom stereocenters. The molecule has 0 unspecified atom stereocenters. The van der Waals surface area contributed by atoms with Crippen molar-refractivity contribution in [3.63, 3.8) is 0 Å². The van der Waals surface area contributed by atoms with E-state index < -0.39 is 17.6 Å². The van der Waals surface area contributed by atoms with E-state index in [0.29, 0.717) is 10.9 Å². The number of halogens is 4. The number of alkyl halides is 3. The number of aromatic nitrogens is 4. The van der Waals surface area contributed by atoms with Gasteiger partial charge < -0.3 is 10.1 Å². The Morgan fingerprint density at radius 1 is 1.24 bits per heavy atom. The smallest absolute Gasteiger partial charge is 0.416 e. The topological polar surface area (TPSA) is 81.9 Å². The van der Waals surface area contributed by atoms with E-state index in [-0.39, 0.29) is 17.2 Å². The summed E-state index contributed by atoms with van der Waals surface area (Å²) in [5, 5.41) is 13.7. The van der Waals surface area contributed by atoms with E-state index in [1.807, 2.05) is 0 Å². The summed E-state index contributed by atoms with van der Waals surface area (Å²) in [6.45, 7) is 0. The number of amides is 1. The second-order valence-corrected chi connectivity index (χ2v) is 7.54. The summed E-state index contributed by atoms with van der Waals surface area (Å²) in [5.74, 6) is -0.137. The van der Waals surface area contributed by atoms with Gasteiger partial charge in [-0.2, -0.15) is 13.2 Å². The van der Waals surface area contributed by atoms with E-state index in [0.717, 1.165) is 28.4 Å². The van der Waals surface area contributed by atoms with Gasteiger partial charge in [0, 0.05) is 11.5 Å². The Morgan fingerprint density at radius 2 is 1.97 bits per heavy atom. The van der Waals surface area contributed by atoms with Crippen LogP contribution in [0.5, 0.6) is 11.5 Å². The Labute approximate surface area is 175 Å². The number of rotatable bonds is 6. The van der Waals surface area contributed by atoms with Crippen molar-refractivity contribution in [2.45, 2.75) is 11.3 Å². The third-order valence-corrected chi connectivity index (χ3v) is 5.08. The Bertz CT molecular complexity index is 1010. The molecule has 0 aliphatic heterocycles. The summed E-state index contributed by atoms with van der Waals surface area (Å²) in [6.07, 6.45) is -4.56. The summed E-state index contributed by atoms with van der Waals surface area (Å²) in [4.78, 5) is 12.3. The molecule has 152 valence electrons. The van der Waals surface area contributed by atoms with E-state index in [1.165, 1.54) is 10.7 Å². The maximum atomic E-state index is 13.1. The summed E-state index contributed by atoms with van der Waals surface area (Å²) in [5.41, 5.74) is -0.995. The third-order valence-electron chi connectivity index (χ3n) is 3.54. The Morgan fingerprint density at radius 3 is 2.59 bits per heavy atom. The molecule has 12 heteroatoms. The van der Waals surface area contributed by atoms with Gasteiger partial charge in [0.05, 0.1) is 17.0 Å². The number of carbonyl (C=O) groups is 1. The fourth-order valence-electron chi connectivity index (χ4n) is 2.18. The summed E-state index contributed by atoms with van der Waals surface area (Å²) in [7, 11) is 1.61. The molecule has 0 bridgehead atoms. The quantitative estimate of drug-likeness (QED) is 0.515. The van der Waals surface area contributed by atoms with Crippen LogP contribution in [0.4, 0.5) is 18.9 Å². The maximum Gasteiger partial charge on any atom is 0.416 e. The van der Waals surface area contributed by atoms with Gasteiger partial charge in [0.2, 0.25) is 11.1 Å². The minimum Gasteiger partial charge on any atom is -0.455 e. The van der Waals surface area contributed by atoms with Gasteiger partial charge in [-0.1, -0.05) is 27.7 Å². The van der Waals surface area contributed by atoms with Crippen molar-refractivity contribution < 1.29 is 22.7 Å². The normalized spacial score (nSPS) is 11.3. The molecular weight excluding hydrogens is 475 g/mol. The monoisotopic (exact) mass is 487 g/mol. The number of nitrogens with one attached hydrogen (secondary N) is 1. The number of carbonyl (C=O) groups excluding carboxylic acids is 1. The van der Waals surface area contributed by atoms with E-state index in [9.17, 15) is 18.0 Å². The van der Waals surface area contributed by atoms with Crippen molar-refractivity contribution in [3.05, 3.63) is 52.5 Å². The first-order chi connectivity index (χ1) is 13.7. The first-order valence-corrected chi connectivity index (χ1v) is 9.80. The van der Waals surface area contributed by atoms with Crippen LogP contribution in [0.1, 0.15) is 5.56 Å². The number of tetrazole rings is 1. The zero-order valence-corrected chi connectivity index (χ0v) is 17.2. The molecule has 0 fully saturated rings. The van der Waals surface area contributed by atoms with Crippen molar-refractivity contribution in [2.24, 2.45) is 7.05 Å². The van der Waals surface area contributed by atoms with Crippen LogP contribution in [0, 0.1) is 0 Å². The minimum absolute atomic E-state index is 0.0824. The minimum atomic E-state index is -4.56. The number of anilines is 1. The van der Waals surface area contributed by atoms with Crippen LogP contribution in [0.3, 0.4) is 0 Å². The second-order valence-electron chi connectivity index (χ2n) is 5.69. The lowest BCUT2D eigenvalue weighted by Gasteiger charge is -2.15. The van der Waals surface area contributed by atoms with Crippen LogP contribution >= 0.6 is 27.7 Å². The lowest BCUT2D eigenvalue weighted by molar-refractivity contribution is -0.137. The Balaban J connectivity index is 1.80. The molecule has 1 aromatic heterocycles. The van der Waals surface area contributed by atoms with Crippen LogP contribution in [-0.2, 0) is 18.0 Å². The van der Waals surface area contributed by atoms with Crippen LogP contribution < -0.4 is 10.1 Å². The van der Waals surface area contributed by atoms with Crippen molar-refractivity contribution in [2.75, 3.05) is 11.1 Å². The van der Waals surface area contributed by atoms with E-state index in [4.69, 9.17) is 4.74 Å². The van der Waals surface area contributed by atoms with Gasteiger partial charge in [0.1, 0.15) is 5.75 Å². The molecule has 0 spiro atoms. The standard InChI is InChI=1S/C17H13BrF3N5O2S/c1-26-16(23-24-25-26)29-9-15(27)22-13-8-10(17(19,20)21)2-7-14(13)28-12-5-3-11(18)4-6-12/h2-8H,9H2,1H3,(H,22,27). The first-order valence-electron chi connectivity index (χ1n) is 8.02. The highest BCUT2D eigenvalue weighted by molar-refractivity contribution is 9.10. The highest BCUT2D eigenvalue weighted by Gasteiger charge is 2.31. The van der Waals surface area contributed by atoms with E-state index in [2.05, 4.69) is 36.8 Å². The van der Waals surface area contributed by atoms with Gasteiger partial charge in [-0.15, -0.1) is 5.10 Å². The SMILES string of the molecule is Cn1nnnc1SCC(=O)Nc1cc(C(F)(F)F)ccc1Oc1ccc(Br)cc1. The number of hydrogen-bond donors (Lipinski definition) is 1. The zero-order chi connectivity index (χ0) is 21.0. The lowest BCUT2D eigenvalue weighted by Crippen LogP contribution is -2.16. The molecule has 7 nitrogen and oxygen atoms in total. The molecule has 0 saturated heterocycles. The number of hydrogen-bond acceptors (Lipinski definition) is 6. The molecule has 2 aromatic carbocycles. The molecule has 0 aliphatic carbocycles. The van der Waals surface area contributed by atoms with Gasteiger partial charge in [0.15, 0.2) is 5.75 Å². The largest absolute Gasteiger partial charge is 0.455 e. The molecule has 0 radical (unpaired) electrons. The number of aryl methyl sites for hydroxylation is 1. The molecule has 1 amide bonds. The maximum absolute atomic E-state index is 13.1. The van der Waals surface area contributed by atoms with Gasteiger partial charge in [-0.05, 0) is 52.9 Å². The molecule has 1 heterocycles. The van der Waals surface area contributed by atoms with Gasteiger partial charge in [-0.25, -0.2) is 4.68 Å². The highest BCUT2D eigenvalue weighted by atomic mass is 79.9. The summed E-state index contributed by atoms with van der Waals surface area (Å²) in [6, 6.07) is 9.63. The van der Waals surface area contributed by atoms with Gasteiger partial charge in [-0.3, -0.25) is 4.79 Å². The average molecular weight is 488 g/mol. The van der Waals surface area contributed by atoms with Gasteiger partial charge >= 0.3 is 6.18 Å². The van der Waals surface area contributed by atoms with Crippen LogP contribution in [0.25, 0.3) is 0 Å². The molecule has 3 aromatic rings. The van der Waals surface area contributed by atoms with Crippen LogP contribution in [-0.4, -0.2) is 31.9 Å². The average Bonchev–Trinajstić information content (AvgIpc) is 3.07. The lowest BCUT2D eigenvalue weighted by atomic mass is 10.1. The second kappa shape index (κ2) is 8.82. The van der Waals surface area contributed by atoms with E-state index in [1.54, 1.807) is 31.3 Å². The van der Waals surface area contributed by atoms with Crippen molar-refractivity contribution >= 4 is 39.3 Å². The fraction of sp³-hybridized carbons (Fsp3) is 0.176. The van der Waals surface area contributed by atoms with E-state index >= 15 is 0 Å². The molecule has 1 N–H and O–H groups in total. The number of thioether (sulfide) groups is 1. The number of benzene rings is 2. The highest BCUT2D eigenvalue weighted by Crippen LogP contribution is 2.37. The van der Waals surface area contributed by atoms with Crippen molar-refractivity contribution in [3.8, 4) is 11.5 Å². The number of nitrogens with zero attached hydrogens (tertiary/aromatic N) is 4. The van der Waals surface area contributed by atoms with Crippen LogP contribution in [0.2, 0.25) is 0 Å². The summed E-state index contributed by atoms with van der Waals surface area (Å²) >= 11 is 4.34. The molecule has 0 aliphatic rings. The van der Waals surface area contributed by atoms with Crippen molar-refractivity contribution in [1.82, 2.24) is 20.2 Å². The number of ether oxygens (including phenoxy) is 1. The molecule has 0 saturated carbocycles. The molecular formula is C17H13BrF3N5O2S. The zero-order valence-electron chi connectivity index (χ0n) is 14.8. The summed E-state index contributed by atoms with van der Waals surface area (Å²) < 4.78 is 47.2. The van der Waals surface area contributed by atoms with Crippen molar-refractivity contribution in [1.29, 1.82) is 0 Å². The Hall–Kier alpha value is -2.60. The first kappa shape index (κ1) is 21.1. The third kappa shape index (κ3) is 5.70. The molecule has 29 heavy (non-hydrogen) atoms. The fourth-order valence-corrected chi connectivity index (χ4v) is 3.10. The molecule has 3 rings (SSSR count). The predicted octanol–water partition coefficient (Wildman–Crippen LogP) is 4.51.